The Morgan fingerprint density at radius 1 is 1.38 bits per heavy atom. The average Bonchev–Trinajstić information content (AvgIpc) is 3.24. The first-order chi connectivity index (χ1) is 11.6. The number of nitrogens with zero attached hydrogens (tertiary/aromatic N) is 3. The topological polar surface area (TPSA) is 74.9 Å². The number of thiazole rings is 1. The monoisotopic (exact) mass is 355 g/mol. The Bertz CT molecular complexity index is 1110. The Labute approximate surface area is 143 Å². The molecule has 3 aromatic rings. The van der Waals surface area contributed by atoms with Gasteiger partial charge in [0, 0.05) is 17.0 Å². The van der Waals surface area contributed by atoms with E-state index in [9.17, 15) is 9.59 Å². The van der Waals surface area contributed by atoms with Crippen molar-refractivity contribution in [3.05, 3.63) is 52.0 Å². The number of amides is 1. The van der Waals surface area contributed by atoms with E-state index in [1.165, 1.54) is 22.1 Å². The van der Waals surface area contributed by atoms with E-state index in [4.69, 9.17) is 5.11 Å². The second-order valence-corrected chi connectivity index (χ2v) is 7.31. The number of benzene rings is 1. The summed E-state index contributed by atoms with van der Waals surface area (Å²) in [5.74, 6) is -1.31. The van der Waals surface area contributed by atoms with Gasteiger partial charge in [-0.25, -0.2) is 9.78 Å². The summed E-state index contributed by atoms with van der Waals surface area (Å²) in [4.78, 5) is 30.2. The van der Waals surface area contributed by atoms with Gasteiger partial charge in [0.2, 0.25) is 0 Å². The van der Waals surface area contributed by atoms with Gasteiger partial charge in [-0.1, -0.05) is 6.07 Å². The number of carbonyl (C=O) groups is 2. The zero-order valence-corrected chi connectivity index (χ0v) is 13.7. The SMILES string of the molecule is O=C(O)C1=CS[C@@H]2C(=Cc3ccc4nc5sccn5c4c3)C(=O)N12. The summed E-state index contributed by atoms with van der Waals surface area (Å²) < 4.78 is 2.02. The van der Waals surface area contributed by atoms with Gasteiger partial charge in [-0.2, -0.15) is 0 Å². The van der Waals surface area contributed by atoms with Crippen LogP contribution >= 0.6 is 23.1 Å². The van der Waals surface area contributed by atoms with Crippen molar-refractivity contribution in [1.82, 2.24) is 14.3 Å². The Kier molecular flexibility index (Phi) is 2.71. The summed E-state index contributed by atoms with van der Waals surface area (Å²) in [6.45, 7) is 0. The van der Waals surface area contributed by atoms with Crippen molar-refractivity contribution >= 4 is 57.0 Å². The molecule has 2 aromatic heterocycles. The Hall–Kier alpha value is -2.58. The van der Waals surface area contributed by atoms with Crippen molar-refractivity contribution in [2.24, 2.45) is 0 Å². The molecule has 4 heterocycles. The molecule has 2 aliphatic heterocycles. The standard InChI is InChI=1S/C16H9N3O3S2/c20-13-9(14-19(13)12(7-24-14)15(21)22)5-8-1-2-10-11(6-8)18-3-4-23-16(18)17-10/h1-7,14H,(H,21,22)/t14-/m1/s1. The first-order valence-electron chi connectivity index (χ1n) is 7.13. The second kappa shape index (κ2) is 4.71. The molecule has 0 unspecified atom stereocenters. The molecule has 0 aliphatic carbocycles. The molecule has 1 saturated heterocycles. The van der Waals surface area contributed by atoms with Gasteiger partial charge in [0.05, 0.1) is 16.6 Å². The molecule has 0 saturated carbocycles. The number of thioether (sulfide) groups is 1. The predicted molar refractivity (Wildman–Crippen MR) is 92.5 cm³/mol. The van der Waals surface area contributed by atoms with Crippen LogP contribution in [0.1, 0.15) is 5.56 Å². The van der Waals surface area contributed by atoms with Gasteiger partial charge >= 0.3 is 5.97 Å². The van der Waals surface area contributed by atoms with Crippen LogP contribution in [0.15, 0.2) is 46.5 Å². The number of fused-ring (bicyclic) bond motifs is 4. The lowest BCUT2D eigenvalue weighted by molar-refractivity contribution is -0.141. The number of carboxylic acid groups (broad SMARTS) is 1. The number of β-lactam (4-membered cyclic amide) rings is 1. The van der Waals surface area contributed by atoms with Crippen LogP contribution in [-0.4, -0.2) is 36.6 Å². The van der Waals surface area contributed by atoms with Crippen molar-refractivity contribution < 1.29 is 14.7 Å². The van der Waals surface area contributed by atoms with Gasteiger partial charge in [-0.15, -0.1) is 23.1 Å². The fourth-order valence-electron chi connectivity index (χ4n) is 3.00. The quantitative estimate of drug-likeness (QED) is 0.565. The number of imidazole rings is 1. The zero-order valence-electron chi connectivity index (χ0n) is 12.0. The number of hydrogen-bond acceptors (Lipinski definition) is 5. The van der Waals surface area contributed by atoms with Gasteiger partial charge < -0.3 is 5.11 Å². The first kappa shape index (κ1) is 13.8. The summed E-state index contributed by atoms with van der Waals surface area (Å²) in [6, 6.07) is 5.86. The van der Waals surface area contributed by atoms with E-state index >= 15 is 0 Å². The van der Waals surface area contributed by atoms with Crippen molar-refractivity contribution in [1.29, 1.82) is 0 Å². The summed E-state index contributed by atoms with van der Waals surface area (Å²) in [5.41, 5.74) is 3.49. The van der Waals surface area contributed by atoms with Crippen molar-refractivity contribution in [3.63, 3.8) is 0 Å². The van der Waals surface area contributed by atoms with Crippen LogP contribution in [0.3, 0.4) is 0 Å². The summed E-state index contributed by atoms with van der Waals surface area (Å²) in [6.07, 6.45) is 3.80. The highest BCUT2D eigenvalue weighted by atomic mass is 32.2. The molecule has 1 N–H and O–H groups in total. The number of aliphatic carboxylic acids is 1. The largest absolute Gasteiger partial charge is 0.477 e. The van der Waals surface area contributed by atoms with E-state index in [-0.39, 0.29) is 17.0 Å². The molecule has 2 aliphatic rings. The number of hydrogen-bond donors (Lipinski definition) is 1. The molecule has 1 aromatic carbocycles. The smallest absolute Gasteiger partial charge is 0.353 e. The van der Waals surface area contributed by atoms with Crippen molar-refractivity contribution in [2.75, 3.05) is 0 Å². The zero-order chi connectivity index (χ0) is 16.4. The van der Waals surface area contributed by atoms with Crippen LogP contribution in [-0.2, 0) is 9.59 Å². The van der Waals surface area contributed by atoms with Crippen LogP contribution in [0, 0.1) is 0 Å². The lowest BCUT2D eigenvalue weighted by Crippen LogP contribution is -2.51. The maximum atomic E-state index is 12.3. The lowest BCUT2D eigenvalue weighted by atomic mass is 10.0. The van der Waals surface area contributed by atoms with E-state index in [1.54, 1.807) is 11.3 Å². The maximum absolute atomic E-state index is 12.3. The second-order valence-electron chi connectivity index (χ2n) is 5.49. The van der Waals surface area contributed by atoms with Crippen LogP contribution in [0.4, 0.5) is 0 Å². The molecule has 0 bridgehead atoms. The molecule has 24 heavy (non-hydrogen) atoms. The molecule has 8 heteroatoms. The minimum atomic E-state index is -1.07. The van der Waals surface area contributed by atoms with Crippen LogP contribution in [0.5, 0.6) is 0 Å². The molecular formula is C16H9N3O3S2. The third-order valence-electron chi connectivity index (χ3n) is 4.14. The molecule has 0 radical (unpaired) electrons. The third kappa shape index (κ3) is 1.75. The van der Waals surface area contributed by atoms with Crippen LogP contribution in [0.25, 0.3) is 22.1 Å². The van der Waals surface area contributed by atoms with Gasteiger partial charge in [-0.3, -0.25) is 14.1 Å². The molecule has 1 amide bonds. The fraction of sp³-hybridized carbons (Fsp3) is 0.0625. The summed E-state index contributed by atoms with van der Waals surface area (Å²) in [5, 5.41) is 12.4. The molecule has 5 rings (SSSR count). The number of carbonyl (C=O) groups excluding carboxylic acids is 1. The van der Waals surface area contributed by atoms with E-state index < -0.39 is 5.97 Å². The maximum Gasteiger partial charge on any atom is 0.353 e. The molecule has 1 atom stereocenters. The third-order valence-corrected chi connectivity index (χ3v) is 5.98. The minimum Gasteiger partial charge on any atom is -0.477 e. The van der Waals surface area contributed by atoms with E-state index in [2.05, 4.69) is 4.98 Å². The van der Waals surface area contributed by atoms with Crippen molar-refractivity contribution in [3.8, 4) is 0 Å². The van der Waals surface area contributed by atoms with Crippen LogP contribution < -0.4 is 0 Å². The Morgan fingerprint density at radius 3 is 3.08 bits per heavy atom. The van der Waals surface area contributed by atoms with E-state index in [0.29, 0.717) is 5.57 Å². The Balaban J connectivity index is 1.54. The highest BCUT2D eigenvalue weighted by Crippen LogP contribution is 2.45. The van der Waals surface area contributed by atoms with E-state index in [1.807, 2.05) is 40.3 Å². The number of carboxylic acids is 1. The van der Waals surface area contributed by atoms with Gasteiger partial charge in [0.15, 0.2) is 4.96 Å². The van der Waals surface area contributed by atoms with Crippen molar-refractivity contribution in [2.45, 2.75) is 5.37 Å². The predicted octanol–water partition coefficient (Wildman–Crippen LogP) is 2.77. The lowest BCUT2D eigenvalue weighted by Gasteiger charge is -2.37. The van der Waals surface area contributed by atoms with Gasteiger partial charge in [0.25, 0.3) is 5.91 Å². The molecule has 6 nitrogen and oxygen atoms in total. The Morgan fingerprint density at radius 2 is 2.25 bits per heavy atom. The average molecular weight is 355 g/mol. The molecule has 118 valence electrons. The van der Waals surface area contributed by atoms with Gasteiger partial charge in [0.1, 0.15) is 11.1 Å². The molecule has 1 fully saturated rings. The molecule has 0 spiro atoms. The highest BCUT2D eigenvalue weighted by molar-refractivity contribution is 8.03. The number of aromatic nitrogens is 2. The highest BCUT2D eigenvalue weighted by Gasteiger charge is 2.49. The summed E-state index contributed by atoms with van der Waals surface area (Å²) >= 11 is 2.92. The van der Waals surface area contributed by atoms with E-state index in [0.717, 1.165) is 21.6 Å². The fourth-order valence-corrected chi connectivity index (χ4v) is 4.85. The minimum absolute atomic E-state index is 0.0540. The normalized spacial score (nSPS) is 21.4. The number of rotatable bonds is 2. The first-order valence-corrected chi connectivity index (χ1v) is 8.95. The molecular weight excluding hydrogens is 346 g/mol. The van der Waals surface area contributed by atoms with Crippen LogP contribution in [0.2, 0.25) is 0 Å². The van der Waals surface area contributed by atoms with Gasteiger partial charge in [-0.05, 0) is 23.8 Å². The summed E-state index contributed by atoms with van der Waals surface area (Å²) in [7, 11) is 0.